The van der Waals surface area contributed by atoms with E-state index in [1.807, 2.05) is 0 Å². The number of nitrogens with one attached hydrogen (secondary N) is 1. The zero-order chi connectivity index (χ0) is 14.5. The molecule has 0 saturated carbocycles. The molecule has 0 aliphatic rings. The fourth-order valence-electron chi connectivity index (χ4n) is 1.18. The largest absolute Gasteiger partial charge is 0.369 e. The molecule has 5 N–H and O–H groups in total. The molecule has 0 aliphatic heterocycles. The number of carbonyl (C=O) groups excluding carboxylic acids is 1. The van der Waals surface area contributed by atoms with Crippen LogP contribution in [0.25, 0.3) is 0 Å². The summed E-state index contributed by atoms with van der Waals surface area (Å²) in [6, 6.07) is 6.90. The topological polar surface area (TPSA) is 151 Å². The highest BCUT2D eigenvalue weighted by atomic mass is 32.2. The zero-order valence-corrected chi connectivity index (χ0v) is 10.5. The maximum atomic E-state index is 11.6. The van der Waals surface area contributed by atoms with Gasteiger partial charge in [-0.1, -0.05) is 0 Å². The highest BCUT2D eigenvalue weighted by molar-refractivity contribution is 7.90. The number of nitrogens with two attached hydrogens (primary N) is 2. The number of nitriles is 1. The number of guanidine groups is 1. The summed E-state index contributed by atoms with van der Waals surface area (Å²) in [7, 11) is -3.94. The minimum absolute atomic E-state index is 0.112. The number of amides is 1. The van der Waals surface area contributed by atoms with Crippen molar-refractivity contribution in [1.29, 1.82) is 5.26 Å². The Labute approximate surface area is 109 Å². The molecule has 0 heterocycles. The lowest BCUT2D eigenvalue weighted by Gasteiger charge is -2.04. The van der Waals surface area contributed by atoms with Gasteiger partial charge in [0.15, 0.2) is 0 Å². The van der Waals surface area contributed by atoms with Gasteiger partial charge in [-0.2, -0.15) is 13.7 Å². The molecule has 0 unspecified atom stereocenters. The summed E-state index contributed by atoms with van der Waals surface area (Å²) in [6.07, 6.45) is -0.284. The SMILES string of the molecule is N#CCC(=O)Nc1ccc(S(=O)(=O)N=C(N)N)cc1. The summed E-state index contributed by atoms with van der Waals surface area (Å²) in [4.78, 5) is 11.0. The van der Waals surface area contributed by atoms with Crippen molar-refractivity contribution >= 4 is 27.6 Å². The molecule has 1 aromatic rings. The molecule has 0 aromatic heterocycles. The highest BCUT2D eigenvalue weighted by Gasteiger charge is 2.13. The second-order valence-corrected chi connectivity index (χ2v) is 5.00. The van der Waals surface area contributed by atoms with E-state index in [2.05, 4.69) is 9.71 Å². The number of rotatable bonds is 4. The van der Waals surface area contributed by atoms with Crippen LogP contribution in [-0.4, -0.2) is 20.3 Å². The van der Waals surface area contributed by atoms with Crippen molar-refractivity contribution in [2.75, 3.05) is 5.32 Å². The van der Waals surface area contributed by atoms with Crippen LogP contribution in [0.2, 0.25) is 0 Å². The number of nitrogens with zero attached hydrogens (tertiary/aromatic N) is 2. The molecule has 1 aromatic carbocycles. The van der Waals surface area contributed by atoms with Crippen molar-refractivity contribution in [3.63, 3.8) is 0 Å². The molecule has 0 radical (unpaired) electrons. The van der Waals surface area contributed by atoms with Crippen LogP contribution in [0.3, 0.4) is 0 Å². The first-order valence-corrected chi connectivity index (χ1v) is 6.42. The maximum absolute atomic E-state index is 11.6. The first kappa shape index (κ1) is 14.5. The highest BCUT2D eigenvalue weighted by Crippen LogP contribution is 2.16. The van der Waals surface area contributed by atoms with Crippen LogP contribution in [0.4, 0.5) is 5.69 Å². The summed E-state index contributed by atoms with van der Waals surface area (Å²) >= 11 is 0. The van der Waals surface area contributed by atoms with E-state index in [-0.39, 0.29) is 11.3 Å². The second kappa shape index (κ2) is 5.83. The molecule has 19 heavy (non-hydrogen) atoms. The average molecular weight is 281 g/mol. The third-order valence-corrected chi connectivity index (χ3v) is 3.22. The number of anilines is 1. The van der Waals surface area contributed by atoms with Crippen LogP contribution in [-0.2, 0) is 14.8 Å². The normalized spacial score (nSPS) is 10.3. The van der Waals surface area contributed by atoms with E-state index < -0.39 is 21.9 Å². The monoisotopic (exact) mass is 281 g/mol. The van der Waals surface area contributed by atoms with Crippen LogP contribution >= 0.6 is 0 Å². The van der Waals surface area contributed by atoms with Gasteiger partial charge in [0.1, 0.15) is 6.42 Å². The smallest absolute Gasteiger partial charge is 0.285 e. The van der Waals surface area contributed by atoms with Crippen LogP contribution in [0.1, 0.15) is 6.42 Å². The van der Waals surface area contributed by atoms with Crippen LogP contribution in [0.15, 0.2) is 33.6 Å². The molecular formula is C10H11N5O3S. The Bertz CT molecular complexity index is 639. The molecule has 1 amide bonds. The van der Waals surface area contributed by atoms with E-state index in [0.29, 0.717) is 5.69 Å². The zero-order valence-electron chi connectivity index (χ0n) is 9.70. The van der Waals surface area contributed by atoms with E-state index in [0.717, 1.165) is 0 Å². The first-order valence-electron chi connectivity index (χ1n) is 4.98. The number of sulfonamides is 1. The number of hydrogen-bond donors (Lipinski definition) is 3. The summed E-state index contributed by atoms with van der Waals surface area (Å²) in [5, 5.41) is 10.7. The third-order valence-electron chi connectivity index (χ3n) is 1.90. The number of benzene rings is 1. The van der Waals surface area contributed by atoms with Crippen molar-refractivity contribution in [2.45, 2.75) is 11.3 Å². The van der Waals surface area contributed by atoms with E-state index in [4.69, 9.17) is 16.7 Å². The predicted molar refractivity (Wildman–Crippen MR) is 68.3 cm³/mol. The lowest BCUT2D eigenvalue weighted by molar-refractivity contribution is -0.115. The lowest BCUT2D eigenvalue weighted by Crippen LogP contribution is -2.24. The quantitative estimate of drug-likeness (QED) is 0.499. The van der Waals surface area contributed by atoms with Crippen LogP contribution in [0, 0.1) is 11.3 Å². The summed E-state index contributed by atoms with van der Waals surface area (Å²) in [6.45, 7) is 0. The molecular weight excluding hydrogens is 270 g/mol. The van der Waals surface area contributed by atoms with Gasteiger partial charge >= 0.3 is 0 Å². The van der Waals surface area contributed by atoms with E-state index in [1.54, 1.807) is 6.07 Å². The van der Waals surface area contributed by atoms with Gasteiger partial charge in [0.05, 0.1) is 11.0 Å². The van der Waals surface area contributed by atoms with E-state index in [1.165, 1.54) is 24.3 Å². The summed E-state index contributed by atoms with van der Waals surface area (Å²) in [5.74, 6) is -1.05. The van der Waals surface area contributed by atoms with Gasteiger partial charge in [-0.25, -0.2) is 0 Å². The molecule has 0 bridgehead atoms. The van der Waals surface area contributed by atoms with Crippen molar-refractivity contribution in [3.8, 4) is 6.07 Å². The van der Waals surface area contributed by atoms with E-state index >= 15 is 0 Å². The molecule has 0 fully saturated rings. The van der Waals surface area contributed by atoms with Gasteiger partial charge in [0.2, 0.25) is 11.9 Å². The van der Waals surface area contributed by atoms with Gasteiger partial charge in [-0.3, -0.25) is 4.79 Å². The van der Waals surface area contributed by atoms with Gasteiger partial charge in [-0.15, -0.1) is 4.40 Å². The Morgan fingerprint density at radius 2 is 1.89 bits per heavy atom. The Hall–Kier alpha value is -2.60. The predicted octanol–water partition coefficient (Wildman–Crippen LogP) is -0.499. The molecule has 0 spiro atoms. The van der Waals surface area contributed by atoms with Crippen molar-refractivity contribution in [1.82, 2.24) is 0 Å². The van der Waals surface area contributed by atoms with Crippen molar-refractivity contribution in [3.05, 3.63) is 24.3 Å². The van der Waals surface area contributed by atoms with Crippen LogP contribution in [0.5, 0.6) is 0 Å². The Morgan fingerprint density at radius 3 is 2.37 bits per heavy atom. The summed E-state index contributed by atoms with van der Waals surface area (Å²) < 4.78 is 26.3. The second-order valence-electron chi connectivity index (χ2n) is 3.40. The average Bonchev–Trinajstić information content (AvgIpc) is 2.28. The van der Waals surface area contributed by atoms with Crippen LogP contribution < -0.4 is 16.8 Å². The van der Waals surface area contributed by atoms with Crippen molar-refractivity contribution in [2.24, 2.45) is 15.9 Å². The van der Waals surface area contributed by atoms with E-state index in [9.17, 15) is 13.2 Å². The molecule has 0 aliphatic carbocycles. The lowest BCUT2D eigenvalue weighted by atomic mass is 10.3. The third kappa shape index (κ3) is 4.29. The standard InChI is InChI=1S/C10H11N5O3S/c11-6-5-9(16)14-7-1-3-8(4-2-7)19(17,18)15-10(12)13/h1-4H,5H2,(H,14,16)(H4,12,13,15). The Balaban J connectivity index is 2.92. The number of hydrogen-bond acceptors (Lipinski definition) is 4. The molecule has 100 valence electrons. The van der Waals surface area contributed by atoms with Crippen molar-refractivity contribution < 1.29 is 13.2 Å². The van der Waals surface area contributed by atoms with Gasteiger partial charge in [0, 0.05) is 5.69 Å². The van der Waals surface area contributed by atoms with Gasteiger partial charge in [0.25, 0.3) is 10.0 Å². The Morgan fingerprint density at radius 1 is 1.32 bits per heavy atom. The molecule has 1 rings (SSSR count). The fraction of sp³-hybridized carbons (Fsp3) is 0.100. The minimum Gasteiger partial charge on any atom is -0.369 e. The maximum Gasteiger partial charge on any atom is 0.285 e. The Kier molecular flexibility index (Phi) is 4.44. The number of carbonyl (C=O) groups is 1. The molecule has 9 heteroatoms. The fourth-order valence-corrected chi connectivity index (χ4v) is 2.04. The minimum atomic E-state index is -3.94. The molecule has 0 saturated heterocycles. The first-order chi connectivity index (χ1) is 8.85. The summed E-state index contributed by atoms with van der Waals surface area (Å²) in [5.41, 5.74) is 10.4. The van der Waals surface area contributed by atoms with Gasteiger partial charge in [-0.05, 0) is 24.3 Å². The van der Waals surface area contributed by atoms with Gasteiger partial charge < -0.3 is 16.8 Å². The molecule has 0 atom stereocenters. The molecule has 8 nitrogen and oxygen atoms in total.